The summed E-state index contributed by atoms with van der Waals surface area (Å²) in [6, 6.07) is 15.2. The van der Waals surface area contributed by atoms with Gasteiger partial charge < -0.3 is 0 Å². The molecular formula is C22H22N4O2. The van der Waals surface area contributed by atoms with Gasteiger partial charge in [-0.2, -0.15) is 10.2 Å². The molecule has 4 rings (SSSR count). The van der Waals surface area contributed by atoms with Gasteiger partial charge in [-0.3, -0.25) is 9.59 Å². The van der Waals surface area contributed by atoms with E-state index in [1.54, 1.807) is 13.8 Å². The molecule has 0 aliphatic carbocycles. The average molecular weight is 374 g/mol. The monoisotopic (exact) mass is 374 g/mol. The fourth-order valence-electron chi connectivity index (χ4n) is 3.67. The van der Waals surface area contributed by atoms with Gasteiger partial charge in [0.05, 0.1) is 23.2 Å². The molecule has 0 saturated heterocycles. The molecule has 0 saturated carbocycles. The summed E-state index contributed by atoms with van der Waals surface area (Å²) in [6.45, 7) is 7.57. The number of hydrogen-bond donors (Lipinski definition) is 0. The third kappa shape index (κ3) is 2.91. The molecule has 2 atom stereocenters. The second kappa shape index (κ2) is 6.71. The third-order valence-corrected chi connectivity index (χ3v) is 5.26. The second-order valence-corrected chi connectivity index (χ2v) is 7.41. The van der Waals surface area contributed by atoms with Gasteiger partial charge in [-0.15, -0.1) is 0 Å². The molecule has 0 radical (unpaired) electrons. The van der Waals surface area contributed by atoms with Gasteiger partial charge in [-0.1, -0.05) is 35.4 Å². The molecule has 2 unspecified atom stereocenters. The summed E-state index contributed by atoms with van der Waals surface area (Å²) in [5.41, 5.74) is 4.87. The van der Waals surface area contributed by atoms with Crippen LogP contribution in [0, 0.1) is 25.7 Å². The lowest BCUT2D eigenvalue weighted by molar-refractivity contribution is -0.126. The molecule has 0 fully saturated rings. The van der Waals surface area contributed by atoms with E-state index < -0.39 is 11.8 Å². The molecule has 28 heavy (non-hydrogen) atoms. The van der Waals surface area contributed by atoms with E-state index in [1.165, 1.54) is 10.0 Å². The Balaban J connectivity index is 1.62. The highest BCUT2D eigenvalue weighted by atomic mass is 16.2. The zero-order valence-corrected chi connectivity index (χ0v) is 16.4. The van der Waals surface area contributed by atoms with Crippen LogP contribution in [0.4, 0.5) is 11.4 Å². The first-order chi connectivity index (χ1) is 13.4. The average Bonchev–Trinajstić information content (AvgIpc) is 3.12. The number of benzene rings is 2. The van der Waals surface area contributed by atoms with Crippen molar-refractivity contribution in [1.82, 2.24) is 0 Å². The minimum absolute atomic E-state index is 0.194. The molecule has 2 aliphatic heterocycles. The van der Waals surface area contributed by atoms with Crippen LogP contribution >= 0.6 is 0 Å². The summed E-state index contributed by atoms with van der Waals surface area (Å²) in [5.74, 6) is -1.65. The summed E-state index contributed by atoms with van der Waals surface area (Å²) >= 11 is 0. The number of carbonyl (C=O) groups excluding carboxylic acids is 2. The Morgan fingerprint density at radius 1 is 0.607 bits per heavy atom. The lowest BCUT2D eigenvalue weighted by atomic mass is 9.85. The zero-order chi connectivity index (χ0) is 20.0. The molecule has 0 N–H and O–H groups in total. The smallest absolute Gasteiger partial charge is 0.257 e. The molecule has 0 spiro atoms. The van der Waals surface area contributed by atoms with Crippen molar-refractivity contribution < 1.29 is 9.59 Å². The molecule has 6 heteroatoms. The van der Waals surface area contributed by atoms with Gasteiger partial charge in [0.15, 0.2) is 0 Å². The summed E-state index contributed by atoms with van der Waals surface area (Å²) in [5, 5.41) is 11.7. The van der Waals surface area contributed by atoms with Crippen LogP contribution < -0.4 is 10.0 Å². The first-order valence-corrected chi connectivity index (χ1v) is 9.28. The molecule has 2 heterocycles. The summed E-state index contributed by atoms with van der Waals surface area (Å²) in [7, 11) is 0. The van der Waals surface area contributed by atoms with Crippen molar-refractivity contribution >= 4 is 34.6 Å². The highest BCUT2D eigenvalue weighted by Crippen LogP contribution is 2.34. The van der Waals surface area contributed by atoms with Gasteiger partial charge in [-0.05, 0) is 52.0 Å². The maximum Gasteiger partial charge on any atom is 0.257 e. The van der Waals surface area contributed by atoms with Gasteiger partial charge in [0, 0.05) is 11.4 Å². The Hall–Kier alpha value is -3.28. The maximum absolute atomic E-state index is 13.2. The van der Waals surface area contributed by atoms with Crippen molar-refractivity contribution in [2.75, 3.05) is 10.0 Å². The van der Waals surface area contributed by atoms with Crippen molar-refractivity contribution in [1.29, 1.82) is 0 Å². The molecule has 142 valence electrons. The number of nitrogens with zero attached hydrogens (tertiary/aromatic N) is 4. The number of carbonyl (C=O) groups is 2. The molecule has 2 amide bonds. The maximum atomic E-state index is 13.2. The number of anilines is 2. The van der Waals surface area contributed by atoms with Gasteiger partial charge in [0.1, 0.15) is 0 Å². The highest BCUT2D eigenvalue weighted by molar-refractivity contribution is 6.25. The lowest BCUT2D eigenvalue weighted by Crippen LogP contribution is -2.40. The fourth-order valence-corrected chi connectivity index (χ4v) is 3.67. The van der Waals surface area contributed by atoms with E-state index in [0.717, 1.165) is 11.1 Å². The molecule has 6 nitrogen and oxygen atoms in total. The SMILES string of the molecule is CC1=NN(c2ccc(C)cc2)C(=O)C1C1C(=O)N(c2ccc(C)cc2)N=C1C. The first kappa shape index (κ1) is 18.1. The largest absolute Gasteiger partial charge is 0.272 e. The van der Waals surface area contributed by atoms with E-state index in [9.17, 15) is 9.59 Å². The topological polar surface area (TPSA) is 65.3 Å². The van der Waals surface area contributed by atoms with Crippen LogP contribution in [0.1, 0.15) is 25.0 Å². The number of rotatable bonds is 3. The quantitative estimate of drug-likeness (QED) is 0.823. The van der Waals surface area contributed by atoms with Crippen molar-refractivity contribution in [3.05, 3.63) is 59.7 Å². The molecule has 2 aromatic rings. The van der Waals surface area contributed by atoms with Crippen LogP contribution in [0.3, 0.4) is 0 Å². The molecule has 2 aromatic carbocycles. The Kier molecular flexibility index (Phi) is 4.34. The van der Waals surface area contributed by atoms with E-state index >= 15 is 0 Å². The predicted molar refractivity (Wildman–Crippen MR) is 111 cm³/mol. The first-order valence-electron chi connectivity index (χ1n) is 9.28. The van der Waals surface area contributed by atoms with Crippen molar-refractivity contribution in [2.24, 2.45) is 22.0 Å². The Labute approximate surface area is 164 Å². The van der Waals surface area contributed by atoms with Crippen LogP contribution in [-0.4, -0.2) is 23.2 Å². The van der Waals surface area contributed by atoms with Gasteiger partial charge >= 0.3 is 0 Å². The number of aryl methyl sites for hydroxylation is 2. The Morgan fingerprint density at radius 2 is 0.929 bits per heavy atom. The van der Waals surface area contributed by atoms with Crippen molar-refractivity contribution in [2.45, 2.75) is 27.7 Å². The standard InChI is InChI=1S/C22H22N4O2/c1-13-5-9-17(10-6-13)25-21(27)19(15(3)23-25)20-16(4)24-26(22(20)28)18-11-7-14(2)8-12-18/h5-12,19-20H,1-4H3. The fraction of sp³-hybridized carbons (Fsp3) is 0.273. The van der Waals surface area contributed by atoms with Gasteiger partial charge in [0.25, 0.3) is 11.8 Å². The second-order valence-electron chi connectivity index (χ2n) is 7.41. The van der Waals surface area contributed by atoms with E-state index in [1.807, 2.05) is 62.4 Å². The van der Waals surface area contributed by atoms with Crippen molar-refractivity contribution in [3.63, 3.8) is 0 Å². The minimum Gasteiger partial charge on any atom is -0.272 e. The van der Waals surface area contributed by atoms with Gasteiger partial charge in [-0.25, -0.2) is 10.0 Å². The van der Waals surface area contributed by atoms with Crippen LogP contribution in [0.15, 0.2) is 58.7 Å². The third-order valence-electron chi connectivity index (χ3n) is 5.26. The molecule has 0 aromatic heterocycles. The van der Waals surface area contributed by atoms with E-state index in [4.69, 9.17) is 0 Å². The number of hydrazone groups is 2. The van der Waals surface area contributed by atoms with Crippen LogP contribution in [0.25, 0.3) is 0 Å². The predicted octanol–water partition coefficient (Wildman–Crippen LogP) is 3.68. The highest BCUT2D eigenvalue weighted by Gasteiger charge is 2.48. The number of hydrogen-bond acceptors (Lipinski definition) is 4. The van der Waals surface area contributed by atoms with Gasteiger partial charge in [0.2, 0.25) is 0 Å². The van der Waals surface area contributed by atoms with Crippen LogP contribution in [0.2, 0.25) is 0 Å². The van der Waals surface area contributed by atoms with E-state index in [-0.39, 0.29) is 11.8 Å². The normalized spacial score (nSPS) is 22.0. The summed E-state index contributed by atoms with van der Waals surface area (Å²) in [6.07, 6.45) is 0. The minimum atomic E-state index is -0.631. The summed E-state index contributed by atoms with van der Waals surface area (Å²) < 4.78 is 0. The molecular weight excluding hydrogens is 352 g/mol. The molecule has 2 aliphatic rings. The Morgan fingerprint density at radius 3 is 1.25 bits per heavy atom. The van der Waals surface area contributed by atoms with E-state index in [2.05, 4.69) is 10.2 Å². The zero-order valence-electron chi connectivity index (χ0n) is 16.4. The number of amides is 2. The van der Waals surface area contributed by atoms with Crippen molar-refractivity contribution in [3.8, 4) is 0 Å². The Bertz CT molecular complexity index is 922. The molecule has 0 bridgehead atoms. The summed E-state index contributed by atoms with van der Waals surface area (Å²) in [4.78, 5) is 26.3. The van der Waals surface area contributed by atoms with Crippen LogP contribution in [-0.2, 0) is 9.59 Å². The van der Waals surface area contributed by atoms with E-state index in [0.29, 0.717) is 22.8 Å². The van der Waals surface area contributed by atoms with Crippen LogP contribution in [0.5, 0.6) is 0 Å². The lowest BCUT2D eigenvalue weighted by Gasteiger charge is -2.19.